The third-order valence-corrected chi connectivity index (χ3v) is 2.96. The van der Waals surface area contributed by atoms with E-state index in [2.05, 4.69) is 15.3 Å². The molecule has 2 rings (SSSR count). The maximum Gasteiger partial charge on any atom is 0.413 e. The van der Waals surface area contributed by atoms with Crippen LogP contribution < -0.4 is 5.32 Å². The number of nitrogens with one attached hydrogen (secondary N) is 1. The Morgan fingerprint density at radius 1 is 1.30 bits per heavy atom. The topological polar surface area (TPSA) is 101 Å². The zero-order chi connectivity index (χ0) is 14.9. The van der Waals surface area contributed by atoms with Crippen molar-refractivity contribution in [1.82, 2.24) is 9.97 Å². The van der Waals surface area contributed by atoms with E-state index in [0.29, 0.717) is 15.5 Å². The lowest BCUT2D eigenvalue weighted by Gasteiger charge is -2.18. The number of carbonyl (C=O) groups is 2. The molecule has 8 heteroatoms. The highest BCUT2D eigenvalue weighted by molar-refractivity contribution is 7.21. The number of amides is 1. The molecule has 0 unspecified atom stereocenters. The fourth-order valence-corrected chi connectivity index (χ4v) is 2.20. The Labute approximate surface area is 118 Å². The molecule has 106 valence electrons. The molecule has 0 radical (unpaired) electrons. The van der Waals surface area contributed by atoms with Crippen LogP contribution >= 0.6 is 11.3 Å². The standard InChI is InChI=1S/C12H13N3O4S/c1-12(2,3)19-11(18)15-10-14-6-4-5-7(9(16)17)13-8(6)20-10/h4-5H,1-3H3,(H,16,17)(H,14,15,18). The number of carboxylic acids is 1. The second kappa shape index (κ2) is 5.04. The first-order valence-corrected chi connectivity index (χ1v) is 6.57. The minimum absolute atomic E-state index is 0.0648. The van der Waals surface area contributed by atoms with E-state index in [1.165, 1.54) is 6.07 Å². The Balaban J connectivity index is 2.20. The van der Waals surface area contributed by atoms with Crippen LogP contribution in [0.2, 0.25) is 0 Å². The number of aromatic nitrogens is 2. The van der Waals surface area contributed by atoms with Gasteiger partial charge < -0.3 is 9.84 Å². The molecular weight excluding hydrogens is 282 g/mol. The summed E-state index contributed by atoms with van der Waals surface area (Å²) in [6.45, 7) is 5.27. The van der Waals surface area contributed by atoms with Gasteiger partial charge in [0, 0.05) is 0 Å². The highest BCUT2D eigenvalue weighted by Gasteiger charge is 2.18. The predicted octanol–water partition coefficient (Wildman–Crippen LogP) is 2.74. The van der Waals surface area contributed by atoms with Crippen LogP contribution in [0.15, 0.2) is 12.1 Å². The molecule has 0 saturated heterocycles. The number of ether oxygens (including phenoxy) is 1. The van der Waals surface area contributed by atoms with Crippen molar-refractivity contribution in [3.63, 3.8) is 0 Å². The van der Waals surface area contributed by atoms with Crippen LogP contribution in [-0.4, -0.2) is 32.7 Å². The quantitative estimate of drug-likeness (QED) is 0.883. The summed E-state index contributed by atoms with van der Waals surface area (Å²) in [5.74, 6) is -1.11. The van der Waals surface area contributed by atoms with Crippen LogP contribution in [0.1, 0.15) is 31.3 Å². The fourth-order valence-electron chi connectivity index (χ4n) is 1.38. The number of fused-ring (bicyclic) bond motifs is 1. The van der Waals surface area contributed by atoms with Gasteiger partial charge in [-0.25, -0.2) is 19.6 Å². The van der Waals surface area contributed by atoms with Gasteiger partial charge in [-0.2, -0.15) is 0 Å². The Kier molecular flexibility index (Phi) is 3.58. The van der Waals surface area contributed by atoms with E-state index in [1.807, 2.05) is 0 Å². The Morgan fingerprint density at radius 3 is 2.60 bits per heavy atom. The van der Waals surface area contributed by atoms with Crippen LogP contribution in [-0.2, 0) is 4.74 Å². The molecule has 0 aliphatic carbocycles. The molecule has 2 N–H and O–H groups in total. The second-order valence-electron chi connectivity index (χ2n) is 4.97. The maximum absolute atomic E-state index is 11.6. The highest BCUT2D eigenvalue weighted by atomic mass is 32.1. The third-order valence-electron chi connectivity index (χ3n) is 2.08. The lowest BCUT2D eigenvalue weighted by molar-refractivity contribution is 0.0634. The summed E-state index contributed by atoms with van der Waals surface area (Å²) < 4.78 is 5.10. The minimum atomic E-state index is -1.11. The summed E-state index contributed by atoms with van der Waals surface area (Å²) >= 11 is 1.09. The van der Waals surface area contributed by atoms with E-state index in [9.17, 15) is 9.59 Å². The predicted molar refractivity (Wildman–Crippen MR) is 74.2 cm³/mol. The van der Waals surface area contributed by atoms with Crippen molar-refractivity contribution >= 4 is 38.9 Å². The number of carbonyl (C=O) groups excluding carboxylic acids is 1. The summed E-state index contributed by atoms with van der Waals surface area (Å²) in [5, 5.41) is 11.7. The lowest BCUT2D eigenvalue weighted by Crippen LogP contribution is -2.27. The molecule has 2 aromatic heterocycles. The van der Waals surface area contributed by atoms with Gasteiger partial charge in [0.05, 0.1) is 0 Å². The van der Waals surface area contributed by atoms with Crippen molar-refractivity contribution in [1.29, 1.82) is 0 Å². The van der Waals surface area contributed by atoms with Gasteiger partial charge in [-0.1, -0.05) is 11.3 Å². The van der Waals surface area contributed by atoms with Gasteiger partial charge in [-0.05, 0) is 32.9 Å². The van der Waals surface area contributed by atoms with Crippen molar-refractivity contribution in [2.75, 3.05) is 5.32 Å². The summed E-state index contributed by atoms with van der Waals surface area (Å²) in [6.07, 6.45) is -0.616. The Hall–Kier alpha value is -2.22. The van der Waals surface area contributed by atoms with E-state index in [0.717, 1.165) is 11.3 Å². The van der Waals surface area contributed by atoms with Crippen LogP contribution in [0.5, 0.6) is 0 Å². The number of hydrogen-bond acceptors (Lipinski definition) is 6. The molecular formula is C12H13N3O4S. The van der Waals surface area contributed by atoms with Crippen molar-refractivity contribution in [3.05, 3.63) is 17.8 Å². The van der Waals surface area contributed by atoms with Crippen molar-refractivity contribution < 1.29 is 19.4 Å². The highest BCUT2D eigenvalue weighted by Crippen LogP contribution is 2.25. The molecule has 0 aliphatic rings. The zero-order valence-electron chi connectivity index (χ0n) is 11.1. The van der Waals surface area contributed by atoms with Gasteiger partial charge >= 0.3 is 12.1 Å². The average Bonchev–Trinajstić information content (AvgIpc) is 2.66. The molecule has 0 bridgehead atoms. The van der Waals surface area contributed by atoms with Crippen molar-refractivity contribution in [2.45, 2.75) is 26.4 Å². The third kappa shape index (κ3) is 3.41. The molecule has 2 heterocycles. The average molecular weight is 295 g/mol. The molecule has 7 nitrogen and oxygen atoms in total. The Bertz CT molecular complexity index is 675. The van der Waals surface area contributed by atoms with Crippen LogP contribution in [0.25, 0.3) is 10.3 Å². The number of aromatic carboxylic acids is 1. The van der Waals surface area contributed by atoms with Crippen LogP contribution in [0.4, 0.5) is 9.93 Å². The number of hydrogen-bond donors (Lipinski definition) is 2. The Morgan fingerprint density at radius 2 is 2.00 bits per heavy atom. The number of nitrogens with zero attached hydrogens (tertiary/aromatic N) is 2. The molecule has 20 heavy (non-hydrogen) atoms. The SMILES string of the molecule is CC(C)(C)OC(=O)Nc1nc2ccc(C(=O)O)nc2s1. The van der Waals surface area contributed by atoms with Crippen molar-refractivity contribution in [2.24, 2.45) is 0 Å². The number of anilines is 1. The second-order valence-corrected chi connectivity index (χ2v) is 5.95. The number of pyridine rings is 1. The van der Waals surface area contributed by atoms with Gasteiger partial charge in [-0.3, -0.25) is 5.32 Å². The van der Waals surface area contributed by atoms with Gasteiger partial charge in [0.2, 0.25) is 0 Å². The van der Waals surface area contributed by atoms with Gasteiger partial charge in [0.15, 0.2) is 5.13 Å². The van der Waals surface area contributed by atoms with E-state index in [4.69, 9.17) is 9.84 Å². The van der Waals surface area contributed by atoms with Crippen LogP contribution in [0.3, 0.4) is 0 Å². The maximum atomic E-state index is 11.6. The minimum Gasteiger partial charge on any atom is -0.477 e. The lowest BCUT2D eigenvalue weighted by atomic mass is 10.2. The number of rotatable bonds is 2. The first kappa shape index (κ1) is 14.2. The summed E-state index contributed by atoms with van der Waals surface area (Å²) in [6, 6.07) is 2.91. The molecule has 0 aromatic carbocycles. The monoisotopic (exact) mass is 295 g/mol. The normalized spacial score (nSPS) is 11.3. The fraction of sp³-hybridized carbons (Fsp3) is 0.333. The first-order chi connectivity index (χ1) is 9.24. The summed E-state index contributed by atoms with van der Waals surface area (Å²) in [4.78, 5) is 30.9. The van der Waals surface area contributed by atoms with Crippen LogP contribution in [0, 0.1) is 0 Å². The number of carboxylic acid groups (broad SMARTS) is 1. The van der Waals surface area contributed by atoms with Gasteiger partial charge in [0.25, 0.3) is 0 Å². The van der Waals surface area contributed by atoms with E-state index in [-0.39, 0.29) is 5.69 Å². The largest absolute Gasteiger partial charge is 0.477 e. The molecule has 1 amide bonds. The van der Waals surface area contributed by atoms with E-state index in [1.54, 1.807) is 26.8 Å². The zero-order valence-corrected chi connectivity index (χ0v) is 11.9. The molecule has 0 spiro atoms. The van der Waals surface area contributed by atoms with Gasteiger partial charge in [0.1, 0.15) is 21.6 Å². The smallest absolute Gasteiger partial charge is 0.413 e. The van der Waals surface area contributed by atoms with Crippen molar-refractivity contribution in [3.8, 4) is 0 Å². The van der Waals surface area contributed by atoms with E-state index < -0.39 is 17.7 Å². The molecule has 2 aromatic rings. The molecule has 0 aliphatic heterocycles. The molecule has 0 saturated carbocycles. The van der Waals surface area contributed by atoms with E-state index >= 15 is 0 Å². The summed E-state index contributed by atoms with van der Waals surface area (Å²) in [7, 11) is 0. The first-order valence-electron chi connectivity index (χ1n) is 5.75. The van der Waals surface area contributed by atoms with Gasteiger partial charge in [-0.15, -0.1) is 0 Å². The molecule has 0 atom stereocenters. The summed E-state index contributed by atoms with van der Waals surface area (Å²) in [5.41, 5.74) is -0.147. The number of thiazole rings is 1. The molecule has 0 fully saturated rings.